The molecule has 0 spiro atoms. The largest absolute Gasteiger partial charge is 0.507 e. The van der Waals surface area contributed by atoms with Crippen molar-refractivity contribution in [3.8, 4) is 11.5 Å². The minimum absolute atomic E-state index is 0.0349. The molecule has 7 rings (SSSR count). The molecule has 2 N–H and O–H groups in total. The number of rotatable bonds is 2. The summed E-state index contributed by atoms with van der Waals surface area (Å²) in [6, 6.07) is 6.00. The van der Waals surface area contributed by atoms with Crippen LogP contribution >= 0.6 is 0 Å². The number of methoxy groups -OCH3 is 2. The molecular formula is C31H26O11. The van der Waals surface area contributed by atoms with E-state index in [4.69, 9.17) is 23.0 Å². The Morgan fingerprint density at radius 1 is 0.881 bits per heavy atom. The molecule has 0 unspecified atom stereocenters. The third-order valence-corrected chi connectivity index (χ3v) is 9.17. The maximum atomic E-state index is 14.3. The van der Waals surface area contributed by atoms with Gasteiger partial charge in [0.05, 0.1) is 25.7 Å². The molecule has 4 aromatic rings. The number of phenols is 2. The number of benzene rings is 2. The van der Waals surface area contributed by atoms with Gasteiger partial charge in [0.25, 0.3) is 0 Å². The molecule has 0 amide bonds. The number of esters is 2. The lowest BCUT2D eigenvalue weighted by Crippen LogP contribution is -2.47. The van der Waals surface area contributed by atoms with Gasteiger partial charge >= 0.3 is 11.9 Å². The standard InChI is InChI=1S/C31H26O11/c1-11-6-14(32)19-16(8-11)40-18-10-13-23-22(21(18)25(19)34)27-24(26(35)20-15(33)7-12(2)9-17(20)41-27)31(23,29(37)39-5)42-30(13,3)28(36)38-4/h6-9,13,22-23,32-33H,10H2,1-5H3/t13-,22-,23+,30+,31+/m0/s1. The fraction of sp³-hybridized carbons (Fsp3) is 0.355. The van der Waals surface area contributed by atoms with Crippen LogP contribution in [-0.4, -0.2) is 42.0 Å². The van der Waals surface area contributed by atoms with E-state index in [-0.39, 0.29) is 62.5 Å². The zero-order valence-corrected chi connectivity index (χ0v) is 23.3. The number of phenolic OH excluding ortho intramolecular Hbond substituents is 2. The van der Waals surface area contributed by atoms with Crippen LogP contribution in [0.5, 0.6) is 11.5 Å². The average Bonchev–Trinajstić information content (AvgIpc) is 3.36. The molecule has 11 heteroatoms. The molecule has 2 aromatic carbocycles. The van der Waals surface area contributed by atoms with Crippen LogP contribution in [0.1, 0.15) is 46.6 Å². The third kappa shape index (κ3) is 2.93. The monoisotopic (exact) mass is 574 g/mol. The summed E-state index contributed by atoms with van der Waals surface area (Å²) >= 11 is 0. The van der Waals surface area contributed by atoms with E-state index in [2.05, 4.69) is 0 Å². The summed E-state index contributed by atoms with van der Waals surface area (Å²) in [5, 5.41) is 21.3. The first kappa shape index (κ1) is 26.3. The van der Waals surface area contributed by atoms with E-state index >= 15 is 0 Å². The Morgan fingerprint density at radius 2 is 1.45 bits per heavy atom. The molecule has 3 aliphatic rings. The molecule has 2 aromatic heterocycles. The van der Waals surface area contributed by atoms with Gasteiger partial charge in [0.1, 0.15) is 45.0 Å². The van der Waals surface area contributed by atoms with Gasteiger partial charge in [-0.3, -0.25) is 9.59 Å². The second kappa shape index (κ2) is 8.22. The highest BCUT2D eigenvalue weighted by Crippen LogP contribution is 2.67. The number of aromatic hydroxyl groups is 2. The first-order valence-corrected chi connectivity index (χ1v) is 13.4. The Bertz CT molecular complexity index is 2040. The lowest BCUT2D eigenvalue weighted by Gasteiger charge is -2.36. The van der Waals surface area contributed by atoms with Crippen molar-refractivity contribution in [2.75, 3.05) is 14.2 Å². The van der Waals surface area contributed by atoms with E-state index in [1.165, 1.54) is 26.2 Å². The van der Waals surface area contributed by atoms with E-state index < -0.39 is 51.8 Å². The SMILES string of the molecule is COC(=O)[C@]1(C)O[C@@]2(C(=O)OC)c3c(oc4cc(C)cc(O)c4c3=O)[C@H]3c4c(oc5cc(C)cc(O)c5c4=O)C[C@H]1[C@H]32. The Morgan fingerprint density at radius 3 is 2.05 bits per heavy atom. The summed E-state index contributed by atoms with van der Waals surface area (Å²) in [6.45, 7) is 4.91. The molecule has 216 valence electrons. The smallest absolute Gasteiger partial charge is 0.343 e. The molecule has 0 bridgehead atoms. The Balaban J connectivity index is 1.68. The zero-order valence-electron chi connectivity index (χ0n) is 23.3. The van der Waals surface area contributed by atoms with E-state index in [9.17, 15) is 29.4 Å². The molecule has 42 heavy (non-hydrogen) atoms. The number of aryl methyl sites for hydroxylation is 2. The molecule has 1 fully saturated rings. The van der Waals surface area contributed by atoms with E-state index in [0.29, 0.717) is 11.1 Å². The van der Waals surface area contributed by atoms with Gasteiger partial charge in [-0.25, -0.2) is 9.59 Å². The lowest BCUT2D eigenvalue weighted by molar-refractivity contribution is -0.193. The Hall–Kier alpha value is -4.64. The van der Waals surface area contributed by atoms with Gasteiger partial charge in [-0.15, -0.1) is 0 Å². The van der Waals surface area contributed by atoms with Crippen molar-refractivity contribution in [2.24, 2.45) is 11.8 Å². The number of hydrogen-bond donors (Lipinski definition) is 2. The van der Waals surface area contributed by atoms with Crippen molar-refractivity contribution in [1.29, 1.82) is 0 Å². The number of hydrogen-bond acceptors (Lipinski definition) is 11. The third-order valence-electron chi connectivity index (χ3n) is 9.17. The van der Waals surface area contributed by atoms with Crippen molar-refractivity contribution in [2.45, 2.75) is 44.3 Å². The molecule has 1 saturated heterocycles. The van der Waals surface area contributed by atoms with E-state index in [0.717, 1.165) is 7.11 Å². The topological polar surface area (TPSA) is 163 Å². The number of ether oxygens (including phenoxy) is 3. The van der Waals surface area contributed by atoms with Crippen LogP contribution in [0.4, 0.5) is 0 Å². The van der Waals surface area contributed by atoms with Crippen LogP contribution in [0.3, 0.4) is 0 Å². The predicted octanol–water partition coefficient (Wildman–Crippen LogP) is 3.19. The molecule has 0 saturated carbocycles. The number of carbonyl (C=O) groups is 2. The molecule has 1 aliphatic heterocycles. The summed E-state index contributed by atoms with van der Waals surface area (Å²) in [4.78, 5) is 55.7. The van der Waals surface area contributed by atoms with E-state index in [1.54, 1.807) is 26.0 Å². The van der Waals surface area contributed by atoms with Crippen LogP contribution in [0, 0.1) is 25.7 Å². The normalized spacial score (nSPS) is 27.0. The van der Waals surface area contributed by atoms with Gasteiger partial charge in [0.15, 0.2) is 5.60 Å². The maximum absolute atomic E-state index is 14.3. The van der Waals surface area contributed by atoms with Crippen LogP contribution < -0.4 is 10.9 Å². The quantitative estimate of drug-likeness (QED) is 0.338. The first-order valence-electron chi connectivity index (χ1n) is 13.4. The Kier molecular flexibility index (Phi) is 5.14. The summed E-state index contributed by atoms with van der Waals surface area (Å²) < 4.78 is 29.3. The molecular weight excluding hydrogens is 548 g/mol. The van der Waals surface area contributed by atoms with Gasteiger partial charge in [-0.1, -0.05) is 0 Å². The molecule has 2 aliphatic carbocycles. The van der Waals surface area contributed by atoms with E-state index in [1.807, 2.05) is 0 Å². The van der Waals surface area contributed by atoms with Gasteiger partial charge < -0.3 is 33.3 Å². The highest BCUT2D eigenvalue weighted by molar-refractivity contribution is 5.93. The number of carbonyl (C=O) groups excluding carboxylic acids is 2. The predicted molar refractivity (Wildman–Crippen MR) is 145 cm³/mol. The lowest BCUT2D eigenvalue weighted by atomic mass is 9.64. The van der Waals surface area contributed by atoms with Crippen LogP contribution in [0.15, 0.2) is 42.7 Å². The zero-order chi connectivity index (χ0) is 30.0. The molecule has 5 atom stereocenters. The molecule has 3 heterocycles. The summed E-state index contributed by atoms with van der Waals surface area (Å²) in [6.07, 6.45) is -0.0349. The van der Waals surface area contributed by atoms with Crippen molar-refractivity contribution >= 4 is 33.9 Å². The van der Waals surface area contributed by atoms with Crippen LogP contribution in [-0.2, 0) is 35.8 Å². The van der Waals surface area contributed by atoms with Gasteiger partial charge in [0, 0.05) is 23.8 Å². The first-order chi connectivity index (χ1) is 19.9. The van der Waals surface area contributed by atoms with Crippen molar-refractivity contribution in [3.05, 3.63) is 78.5 Å². The minimum atomic E-state index is -2.19. The second-order valence-electron chi connectivity index (χ2n) is 11.5. The van der Waals surface area contributed by atoms with Gasteiger partial charge in [-0.05, 0) is 56.2 Å². The molecule has 0 radical (unpaired) electrons. The van der Waals surface area contributed by atoms with Gasteiger partial charge in [0.2, 0.25) is 16.5 Å². The van der Waals surface area contributed by atoms with Crippen LogP contribution in [0.2, 0.25) is 0 Å². The highest BCUT2D eigenvalue weighted by Gasteiger charge is 2.77. The fourth-order valence-corrected chi connectivity index (χ4v) is 7.59. The second-order valence-corrected chi connectivity index (χ2v) is 11.5. The minimum Gasteiger partial charge on any atom is -0.507 e. The Labute approximate surface area is 237 Å². The highest BCUT2D eigenvalue weighted by atomic mass is 16.6. The average molecular weight is 575 g/mol. The maximum Gasteiger partial charge on any atom is 0.343 e. The van der Waals surface area contributed by atoms with Crippen molar-refractivity contribution < 1.29 is 42.8 Å². The fourth-order valence-electron chi connectivity index (χ4n) is 7.59. The summed E-state index contributed by atoms with van der Waals surface area (Å²) in [5.74, 6) is -5.26. The van der Waals surface area contributed by atoms with Crippen molar-refractivity contribution in [3.63, 3.8) is 0 Å². The summed E-state index contributed by atoms with van der Waals surface area (Å²) in [5.41, 5.74) is -4.05. The summed E-state index contributed by atoms with van der Waals surface area (Å²) in [7, 11) is 2.30. The van der Waals surface area contributed by atoms with Gasteiger partial charge in [-0.2, -0.15) is 0 Å². The molecule has 11 nitrogen and oxygen atoms in total. The van der Waals surface area contributed by atoms with Crippen molar-refractivity contribution in [1.82, 2.24) is 0 Å². The number of fused-ring (bicyclic) bond motifs is 7. The van der Waals surface area contributed by atoms with Crippen LogP contribution in [0.25, 0.3) is 21.9 Å².